The summed E-state index contributed by atoms with van der Waals surface area (Å²) < 4.78 is 0. The smallest absolute Gasteiger partial charge is 0.226 e. The molecule has 1 saturated carbocycles. The highest BCUT2D eigenvalue weighted by Gasteiger charge is 2.31. The summed E-state index contributed by atoms with van der Waals surface area (Å²) in [4.78, 5) is 22.3. The highest BCUT2D eigenvalue weighted by Crippen LogP contribution is 2.30. The first-order valence-electron chi connectivity index (χ1n) is 6.13. The van der Waals surface area contributed by atoms with Crippen molar-refractivity contribution in [2.45, 2.75) is 32.2 Å². The van der Waals surface area contributed by atoms with Gasteiger partial charge in [0.2, 0.25) is 11.9 Å². The van der Waals surface area contributed by atoms with Gasteiger partial charge in [-0.2, -0.15) is 0 Å². The molecule has 1 aromatic heterocycles. The molecule has 0 radical (unpaired) electrons. The van der Waals surface area contributed by atoms with Crippen LogP contribution in [0.4, 0.5) is 5.95 Å². The van der Waals surface area contributed by atoms with E-state index < -0.39 is 0 Å². The molecule has 90 valence electrons. The summed E-state index contributed by atoms with van der Waals surface area (Å²) in [6.45, 7) is 1.38. The normalized spacial score (nSPS) is 19.6. The van der Waals surface area contributed by atoms with E-state index in [1.54, 1.807) is 6.20 Å². The van der Waals surface area contributed by atoms with Crippen LogP contribution in [0.15, 0.2) is 6.20 Å². The van der Waals surface area contributed by atoms with E-state index >= 15 is 0 Å². The number of aromatic nitrogens is 2. The molecule has 17 heavy (non-hydrogen) atoms. The number of fused-ring (bicyclic) bond motifs is 1. The molecule has 1 aliphatic carbocycles. The predicted molar refractivity (Wildman–Crippen MR) is 62.9 cm³/mol. The van der Waals surface area contributed by atoms with Gasteiger partial charge < -0.3 is 10.6 Å². The molecule has 5 heteroatoms. The molecule has 0 atom stereocenters. The standard InChI is InChI=1S/C12H16N4O/c13-12-14-6-9-4-5-16(7-10(9)15-12)11(17)8-2-1-3-8/h6,8H,1-5,7H2,(H2,13,14,15). The fourth-order valence-corrected chi connectivity index (χ4v) is 2.42. The number of carbonyl (C=O) groups is 1. The van der Waals surface area contributed by atoms with E-state index in [2.05, 4.69) is 9.97 Å². The van der Waals surface area contributed by atoms with E-state index in [1.165, 1.54) is 6.42 Å². The summed E-state index contributed by atoms with van der Waals surface area (Å²) in [7, 11) is 0. The first-order chi connectivity index (χ1) is 8.24. The molecule has 0 spiro atoms. The van der Waals surface area contributed by atoms with Crippen LogP contribution in [0.5, 0.6) is 0 Å². The summed E-state index contributed by atoms with van der Waals surface area (Å²) in [5.74, 6) is 0.844. The van der Waals surface area contributed by atoms with Crippen LogP contribution in [0.1, 0.15) is 30.5 Å². The maximum Gasteiger partial charge on any atom is 0.226 e. The van der Waals surface area contributed by atoms with Crippen molar-refractivity contribution in [3.05, 3.63) is 17.5 Å². The molecule has 0 aromatic carbocycles. The number of hydrogen-bond acceptors (Lipinski definition) is 4. The van der Waals surface area contributed by atoms with Gasteiger partial charge in [0.05, 0.1) is 12.2 Å². The summed E-state index contributed by atoms with van der Waals surface area (Å²) in [5.41, 5.74) is 7.61. The zero-order chi connectivity index (χ0) is 11.8. The molecule has 2 N–H and O–H groups in total. The van der Waals surface area contributed by atoms with Crippen molar-refractivity contribution in [2.75, 3.05) is 12.3 Å². The SMILES string of the molecule is Nc1ncc2c(n1)CN(C(=O)C1CCC1)CC2. The molecule has 0 saturated heterocycles. The van der Waals surface area contributed by atoms with Crippen molar-refractivity contribution in [1.29, 1.82) is 0 Å². The molecular weight excluding hydrogens is 216 g/mol. The van der Waals surface area contributed by atoms with E-state index in [9.17, 15) is 4.79 Å². The lowest BCUT2D eigenvalue weighted by Gasteiger charge is -2.34. The van der Waals surface area contributed by atoms with Gasteiger partial charge in [-0.15, -0.1) is 0 Å². The first-order valence-corrected chi connectivity index (χ1v) is 6.13. The van der Waals surface area contributed by atoms with Crippen LogP contribution in [0.3, 0.4) is 0 Å². The fourth-order valence-electron chi connectivity index (χ4n) is 2.42. The van der Waals surface area contributed by atoms with Crippen LogP contribution in [-0.4, -0.2) is 27.3 Å². The number of nitrogens with zero attached hydrogens (tertiary/aromatic N) is 3. The van der Waals surface area contributed by atoms with Gasteiger partial charge >= 0.3 is 0 Å². The Bertz CT molecular complexity index is 456. The predicted octanol–water partition coefficient (Wildman–Crippen LogP) is 0.744. The molecule has 5 nitrogen and oxygen atoms in total. The second-order valence-corrected chi connectivity index (χ2v) is 4.84. The van der Waals surface area contributed by atoms with Crippen molar-refractivity contribution >= 4 is 11.9 Å². The Morgan fingerprint density at radius 2 is 2.29 bits per heavy atom. The third-order valence-corrected chi connectivity index (χ3v) is 3.73. The lowest BCUT2D eigenvalue weighted by atomic mass is 9.84. The van der Waals surface area contributed by atoms with Crippen molar-refractivity contribution in [3.8, 4) is 0 Å². The minimum absolute atomic E-state index is 0.260. The molecule has 1 aliphatic heterocycles. The quantitative estimate of drug-likeness (QED) is 0.775. The summed E-state index contributed by atoms with van der Waals surface area (Å²) in [6.07, 6.45) is 5.91. The molecule has 1 amide bonds. The third-order valence-electron chi connectivity index (χ3n) is 3.73. The van der Waals surface area contributed by atoms with Crippen molar-refractivity contribution in [3.63, 3.8) is 0 Å². The zero-order valence-electron chi connectivity index (χ0n) is 9.72. The van der Waals surface area contributed by atoms with Crippen LogP contribution in [0.25, 0.3) is 0 Å². The first kappa shape index (κ1) is 10.5. The Balaban J connectivity index is 1.77. The van der Waals surface area contributed by atoms with E-state index in [4.69, 9.17) is 5.73 Å². The second kappa shape index (κ2) is 3.98. The summed E-state index contributed by atoms with van der Waals surface area (Å²) in [5, 5.41) is 0. The van der Waals surface area contributed by atoms with Crippen LogP contribution in [0.2, 0.25) is 0 Å². The van der Waals surface area contributed by atoms with Crippen LogP contribution in [0, 0.1) is 5.92 Å². The van der Waals surface area contributed by atoms with Crippen LogP contribution in [-0.2, 0) is 17.8 Å². The minimum Gasteiger partial charge on any atom is -0.368 e. The number of nitrogen functional groups attached to an aromatic ring is 1. The molecule has 0 unspecified atom stereocenters. The van der Waals surface area contributed by atoms with Crippen LogP contribution < -0.4 is 5.73 Å². The Morgan fingerprint density at radius 1 is 1.47 bits per heavy atom. The monoisotopic (exact) mass is 232 g/mol. The summed E-state index contributed by atoms with van der Waals surface area (Å²) >= 11 is 0. The Kier molecular flexibility index (Phi) is 2.46. The molecule has 1 fully saturated rings. The van der Waals surface area contributed by atoms with Crippen molar-refractivity contribution < 1.29 is 4.79 Å². The number of anilines is 1. The molecule has 2 heterocycles. The molecular formula is C12H16N4O. The van der Waals surface area contributed by atoms with E-state index in [1.807, 2.05) is 4.90 Å². The van der Waals surface area contributed by atoms with E-state index in [-0.39, 0.29) is 5.92 Å². The average Bonchev–Trinajstić information content (AvgIpc) is 2.25. The fraction of sp³-hybridized carbons (Fsp3) is 0.583. The van der Waals surface area contributed by atoms with Gasteiger partial charge in [-0.3, -0.25) is 4.79 Å². The summed E-state index contributed by atoms with van der Waals surface area (Å²) in [6, 6.07) is 0. The zero-order valence-corrected chi connectivity index (χ0v) is 9.72. The third kappa shape index (κ3) is 1.85. The molecule has 0 bridgehead atoms. The number of hydrogen-bond donors (Lipinski definition) is 1. The highest BCUT2D eigenvalue weighted by atomic mass is 16.2. The lowest BCUT2D eigenvalue weighted by Crippen LogP contribution is -2.42. The number of amides is 1. The maximum absolute atomic E-state index is 12.1. The lowest BCUT2D eigenvalue weighted by molar-refractivity contribution is -0.139. The highest BCUT2D eigenvalue weighted by molar-refractivity contribution is 5.79. The van der Waals surface area contributed by atoms with Crippen LogP contribution >= 0.6 is 0 Å². The Hall–Kier alpha value is -1.65. The van der Waals surface area contributed by atoms with Gasteiger partial charge in [0.25, 0.3) is 0 Å². The average molecular weight is 232 g/mol. The van der Waals surface area contributed by atoms with Gasteiger partial charge in [0, 0.05) is 18.7 Å². The Labute approximate surface area is 100 Å². The molecule has 2 aliphatic rings. The maximum atomic E-state index is 12.1. The number of rotatable bonds is 1. The van der Waals surface area contributed by atoms with E-state index in [0.717, 1.165) is 37.1 Å². The Morgan fingerprint density at radius 3 is 3.00 bits per heavy atom. The van der Waals surface area contributed by atoms with Crippen molar-refractivity contribution in [2.24, 2.45) is 5.92 Å². The van der Waals surface area contributed by atoms with E-state index in [0.29, 0.717) is 18.4 Å². The topological polar surface area (TPSA) is 72.1 Å². The second-order valence-electron chi connectivity index (χ2n) is 4.84. The van der Waals surface area contributed by atoms with Crippen molar-refractivity contribution in [1.82, 2.24) is 14.9 Å². The van der Waals surface area contributed by atoms with Gasteiger partial charge in [-0.1, -0.05) is 6.42 Å². The minimum atomic E-state index is 0.260. The molecule has 3 rings (SSSR count). The van der Waals surface area contributed by atoms with Gasteiger partial charge in [-0.25, -0.2) is 9.97 Å². The van der Waals surface area contributed by atoms with Gasteiger partial charge in [-0.05, 0) is 24.8 Å². The molecule has 1 aromatic rings. The largest absolute Gasteiger partial charge is 0.368 e. The number of carbonyl (C=O) groups excluding carboxylic acids is 1. The van der Waals surface area contributed by atoms with Gasteiger partial charge in [0.15, 0.2) is 0 Å². The number of nitrogens with two attached hydrogens (primary N) is 1. The van der Waals surface area contributed by atoms with Gasteiger partial charge in [0.1, 0.15) is 0 Å².